The Kier molecular flexibility index (Phi) is 11.1. The van der Waals surface area contributed by atoms with Crippen LogP contribution >= 0.6 is 0 Å². The van der Waals surface area contributed by atoms with E-state index in [1.165, 1.54) is 25.7 Å². The Hall–Kier alpha value is -0.570. The fourth-order valence-electron chi connectivity index (χ4n) is 1.48. The van der Waals surface area contributed by atoms with Gasteiger partial charge in [0.15, 0.2) is 0 Å². The SMILES string of the molecule is CCCCC(CC)COCCCNC=O. The monoisotopic (exact) mass is 215 g/mol. The Morgan fingerprint density at radius 2 is 2.13 bits per heavy atom. The van der Waals surface area contributed by atoms with Gasteiger partial charge in [0.05, 0.1) is 0 Å². The lowest BCUT2D eigenvalue weighted by Crippen LogP contribution is -2.16. The van der Waals surface area contributed by atoms with Crippen molar-refractivity contribution in [1.29, 1.82) is 0 Å². The highest BCUT2D eigenvalue weighted by Gasteiger charge is 2.05. The van der Waals surface area contributed by atoms with Gasteiger partial charge in [-0.25, -0.2) is 0 Å². The molecular weight excluding hydrogens is 190 g/mol. The van der Waals surface area contributed by atoms with Crippen LogP contribution < -0.4 is 5.32 Å². The Bertz CT molecular complexity index is 140. The third-order valence-electron chi connectivity index (χ3n) is 2.59. The Labute approximate surface area is 93.6 Å². The van der Waals surface area contributed by atoms with E-state index in [0.717, 1.165) is 32.6 Å². The first-order valence-corrected chi connectivity index (χ1v) is 6.09. The molecule has 3 heteroatoms. The minimum Gasteiger partial charge on any atom is -0.381 e. The summed E-state index contributed by atoms with van der Waals surface area (Å²) < 4.78 is 5.57. The van der Waals surface area contributed by atoms with E-state index in [-0.39, 0.29) is 0 Å². The van der Waals surface area contributed by atoms with Gasteiger partial charge in [0.2, 0.25) is 6.41 Å². The van der Waals surface area contributed by atoms with Gasteiger partial charge in [0.25, 0.3) is 0 Å². The van der Waals surface area contributed by atoms with Gasteiger partial charge in [-0.05, 0) is 18.8 Å². The molecule has 0 aromatic carbocycles. The molecule has 0 saturated heterocycles. The van der Waals surface area contributed by atoms with Crippen molar-refractivity contribution in [3.8, 4) is 0 Å². The molecule has 0 rings (SSSR count). The maximum atomic E-state index is 9.96. The van der Waals surface area contributed by atoms with Crippen molar-refractivity contribution < 1.29 is 9.53 Å². The average molecular weight is 215 g/mol. The summed E-state index contributed by atoms with van der Waals surface area (Å²) in [6, 6.07) is 0. The van der Waals surface area contributed by atoms with E-state index < -0.39 is 0 Å². The van der Waals surface area contributed by atoms with Crippen molar-refractivity contribution in [3.63, 3.8) is 0 Å². The highest BCUT2D eigenvalue weighted by Crippen LogP contribution is 2.12. The lowest BCUT2D eigenvalue weighted by molar-refractivity contribution is -0.109. The molecule has 0 fully saturated rings. The van der Waals surface area contributed by atoms with E-state index in [1.807, 2.05) is 0 Å². The molecule has 0 heterocycles. The fraction of sp³-hybridized carbons (Fsp3) is 0.917. The van der Waals surface area contributed by atoms with Gasteiger partial charge < -0.3 is 10.1 Å². The highest BCUT2D eigenvalue weighted by atomic mass is 16.5. The molecule has 0 spiro atoms. The molecule has 15 heavy (non-hydrogen) atoms. The minimum atomic E-state index is 0.712. The number of hydrogen-bond donors (Lipinski definition) is 1. The number of unbranched alkanes of at least 4 members (excludes halogenated alkanes) is 1. The quantitative estimate of drug-likeness (QED) is 0.424. The van der Waals surface area contributed by atoms with Gasteiger partial charge in [0, 0.05) is 19.8 Å². The fourth-order valence-corrected chi connectivity index (χ4v) is 1.48. The van der Waals surface area contributed by atoms with Gasteiger partial charge in [-0.3, -0.25) is 4.79 Å². The summed E-state index contributed by atoms with van der Waals surface area (Å²) in [7, 11) is 0. The van der Waals surface area contributed by atoms with E-state index >= 15 is 0 Å². The molecule has 0 saturated carbocycles. The molecule has 0 aliphatic heterocycles. The predicted molar refractivity (Wildman–Crippen MR) is 62.8 cm³/mol. The summed E-state index contributed by atoms with van der Waals surface area (Å²) in [6.45, 7) is 6.78. The van der Waals surface area contributed by atoms with Crippen molar-refractivity contribution in [2.24, 2.45) is 5.92 Å². The van der Waals surface area contributed by atoms with Crippen LogP contribution in [0.4, 0.5) is 0 Å². The second-order valence-corrected chi connectivity index (χ2v) is 3.92. The number of carbonyl (C=O) groups excluding carboxylic acids is 1. The van der Waals surface area contributed by atoms with E-state index in [2.05, 4.69) is 19.2 Å². The highest BCUT2D eigenvalue weighted by molar-refractivity contribution is 5.45. The third kappa shape index (κ3) is 9.73. The molecule has 1 amide bonds. The summed E-state index contributed by atoms with van der Waals surface area (Å²) in [5, 5.41) is 2.62. The van der Waals surface area contributed by atoms with Crippen molar-refractivity contribution in [1.82, 2.24) is 5.32 Å². The normalized spacial score (nSPS) is 12.4. The molecule has 1 N–H and O–H groups in total. The van der Waals surface area contributed by atoms with Crippen LogP contribution in [-0.2, 0) is 9.53 Å². The van der Waals surface area contributed by atoms with Gasteiger partial charge in [-0.1, -0.05) is 33.1 Å². The summed E-state index contributed by atoms with van der Waals surface area (Å²) >= 11 is 0. The molecule has 90 valence electrons. The molecule has 0 aliphatic carbocycles. The molecule has 0 radical (unpaired) electrons. The summed E-state index contributed by atoms with van der Waals surface area (Å²) in [5.41, 5.74) is 0. The van der Waals surface area contributed by atoms with Gasteiger partial charge in [-0.15, -0.1) is 0 Å². The van der Waals surface area contributed by atoms with Crippen LogP contribution in [0, 0.1) is 5.92 Å². The average Bonchev–Trinajstić information content (AvgIpc) is 2.27. The van der Waals surface area contributed by atoms with Crippen molar-refractivity contribution >= 4 is 6.41 Å². The van der Waals surface area contributed by atoms with Crippen molar-refractivity contribution in [2.75, 3.05) is 19.8 Å². The van der Waals surface area contributed by atoms with Crippen molar-refractivity contribution in [2.45, 2.75) is 46.0 Å². The summed E-state index contributed by atoms with van der Waals surface area (Å²) in [6.07, 6.45) is 6.68. The van der Waals surface area contributed by atoms with Crippen LogP contribution in [0.1, 0.15) is 46.0 Å². The Morgan fingerprint density at radius 1 is 1.33 bits per heavy atom. The van der Waals surface area contributed by atoms with E-state index in [0.29, 0.717) is 5.92 Å². The standard InChI is InChI=1S/C12H25NO2/c1-3-5-7-12(4-2)10-15-9-6-8-13-11-14/h11-12H,3-10H2,1-2H3,(H,13,14). The zero-order valence-corrected chi connectivity index (χ0v) is 10.1. The molecule has 3 nitrogen and oxygen atoms in total. The number of amides is 1. The first-order valence-electron chi connectivity index (χ1n) is 6.09. The zero-order valence-electron chi connectivity index (χ0n) is 10.1. The topological polar surface area (TPSA) is 38.3 Å². The van der Waals surface area contributed by atoms with Gasteiger partial charge in [0.1, 0.15) is 0 Å². The number of nitrogens with one attached hydrogen (secondary N) is 1. The zero-order chi connectivity index (χ0) is 11.4. The number of carbonyl (C=O) groups is 1. The van der Waals surface area contributed by atoms with Crippen LogP contribution in [0.2, 0.25) is 0 Å². The maximum Gasteiger partial charge on any atom is 0.207 e. The van der Waals surface area contributed by atoms with Crippen molar-refractivity contribution in [3.05, 3.63) is 0 Å². The van der Waals surface area contributed by atoms with Gasteiger partial charge in [-0.2, -0.15) is 0 Å². The molecule has 1 atom stereocenters. The smallest absolute Gasteiger partial charge is 0.207 e. The predicted octanol–water partition coefficient (Wildman–Crippen LogP) is 2.36. The van der Waals surface area contributed by atoms with E-state index in [1.54, 1.807) is 0 Å². The molecule has 0 aromatic heterocycles. The minimum absolute atomic E-state index is 0.712. The van der Waals surface area contributed by atoms with Crippen LogP contribution in [0.15, 0.2) is 0 Å². The molecule has 1 unspecified atom stereocenters. The lowest BCUT2D eigenvalue weighted by atomic mass is 10.0. The van der Waals surface area contributed by atoms with Crippen LogP contribution in [0.5, 0.6) is 0 Å². The molecule has 0 aliphatic rings. The van der Waals surface area contributed by atoms with E-state index in [4.69, 9.17) is 4.74 Å². The van der Waals surface area contributed by atoms with Gasteiger partial charge >= 0.3 is 0 Å². The number of rotatable bonds is 11. The van der Waals surface area contributed by atoms with E-state index in [9.17, 15) is 4.79 Å². The Balaban J connectivity index is 3.25. The van der Waals surface area contributed by atoms with Crippen LogP contribution in [-0.4, -0.2) is 26.2 Å². The number of hydrogen-bond acceptors (Lipinski definition) is 2. The maximum absolute atomic E-state index is 9.96. The second kappa shape index (κ2) is 11.5. The molecule has 0 aromatic rings. The summed E-state index contributed by atoms with van der Waals surface area (Å²) in [5.74, 6) is 0.712. The second-order valence-electron chi connectivity index (χ2n) is 3.92. The Morgan fingerprint density at radius 3 is 2.73 bits per heavy atom. The molecule has 0 bridgehead atoms. The summed E-state index contributed by atoms with van der Waals surface area (Å²) in [4.78, 5) is 9.96. The van der Waals surface area contributed by atoms with Crippen LogP contribution in [0.3, 0.4) is 0 Å². The third-order valence-corrected chi connectivity index (χ3v) is 2.59. The van der Waals surface area contributed by atoms with Crippen LogP contribution in [0.25, 0.3) is 0 Å². The first kappa shape index (κ1) is 14.4. The first-order chi connectivity index (χ1) is 7.35. The number of ether oxygens (including phenoxy) is 1. The molecular formula is C12H25NO2. The largest absolute Gasteiger partial charge is 0.381 e. The lowest BCUT2D eigenvalue weighted by Gasteiger charge is -2.14.